The number of benzene rings is 1. The number of ether oxygens (including phenoxy) is 1. The average Bonchev–Trinajstić information content (AvgIpc) is 3.00. The van der Waals surface area contributed by atoms with Crippen LogP contribution in [0.2, 0.25) is 5.02 Å². The van der Waals surface area contributed by atoms with Gasteiger partial charge in [-0.2, -0.15) is 18.3 Å². The van der Waals surface area contributed by atoms with Crippen LogP contribution in [0.25, 0.3) is 5.69 Å². The van der Waals surface area contributed by atoms with E-state index in [4.69, 9.17) is 16.3 Å². The third-order valence-electron chi connectivity index (χ3n) is 3.32. The van der Waals surface area contributed by atoms with E-state index in [-0.39, 0.29) is 22.3 Å². The van der Waals surface area contributed by atoms with Crippen molar-refractivity contribution in [2.24, 2.45) is 0 Å². The summed E-state index contributed by atoms with van der Waals surface area (Å²) in [6, 6.07) is 5.79. The van der Waals surface area contributed by atoms with Crippen LogP contribution in [-0.2, 0) is 6.18 Å². The van der Waals surface area contributed by atoms with Crippen molar-refractivity contribution >= 4 is 11.6 Å². The number of alkyl halides is 3. The number of nitrogens with zero attached hydrogens (tertiary/aromatic N) is 3. The predicted octanol–water partition coefficient (Wildman–Crippen LogP) is 5.18. The molecule has 1 aromatic carbocycles. The van der Waals surface area contributed by atoms with Crippen molar-refractivity contribution in [2.45, 2.75) is 13.1 Å². The Hall–Kier alpha value is -2.61. The molecule has 0 spiro atoms. The summed E-state index contributed by atoms with van der Waals surface area (Å²) in [5, 5.41) is 3.83. The zero-order valence-electron chi connectivity index (χ0n) is 12.7. The largest absolute Gasteiger partial charge is 0.434 e. The number of rotatable bonds is 3. The van der Waals surface area contributed by atoms with Crippen LogP contribution >= 0.6 is 11.6 Å². The van der Waals surface area contributed by atoms with E-state index in [1.165, 1.54) is 12.3 Å². The third kappa shape index (κ3) is 3.58. The SMILES string of the molecule is Cc1cccc(Oc2ncc(Cl)cc2F)c1-n1cc(C(F)(F)F)cn1. The summed E-state index contributed by atoms with van der Waals surface area (Å²) in [6.07, 6.45) is -1.78. The minimum absolute atomic E-state index is 0.0937. The number of hydrogen-bond donors (Lipinski definition) is 0. The highest BCUT2D eigenvalue weighted by Gasteiger charge is 2.32. The molecule has 3 rings (SSSR count). The molecule has 0 N–H and O–H groups in total. The Morgan fingerprint density at radius 1 is 1.20 bits per heavy atom. The van der Waals surface area contributed by atoms with Crippen molar-refractivity contribution in [3.63, 3.8) is 0 Å². The Morgan fingerprint density at radius 2 is 1.96 bits per heavy atom. The normalized spacial score (nSPS) is 11.6. The van der Waals surface area contributed by atoms with Gasteiger partial charge in [0.2, 0.25) is 0 Å². The summed E-state index contributed by atoms with van der Waals surface area (Å²) < 4.78 is 58.8. The monoisotopic (exact) mass is 371 g/mol. The van der Waals surface area contributed by atoms with Crippen LogP contribution < -0.4 is 4.74 Å². The molecule has 25 heavy (non-hydrogen) atoms. The molecule has 0 aliphatic carbocycles. The van der Waals surface area contributed by atoms with Gasteiger partial charge in [0.05, 0.1) is 16.8 Å². The van der Waals surface area contributed by atoms with Gasteiger partial charge in [0.25, 0.3) is 5.88 Å². The molecule has 0 saturated heterocycles. The summed E-state index contributed by atoms with van der Waals surface area (Å²) in [4.78, 5) is 3.74. The smallest absolute Gasteiger partial charge is 0.419 e. The molecule has 3 aromatic rings. The first-order valence-electron chi connectivity index (χ1n) is 6.96. The summed E-state index contributed by atoms with van der Waals surface area (Å²) in [5.41, 5.74) is -0.0738. The quantitative estimate of drug-likeness (QED) is 0.596. The van der Waals surface area contributed by atoms with Gasteiger partial charge >= 0.3 is 6.18 Å². The molecule has 2 heterocycles. The molecular formula is C16H10ClF4N3O. The van der Waals surface area contributed by atoms with E-state index in [1.54, 1.807) is 19.1 Å². The van der Waals surface area contributed by atoms with Gasteiger partial charge in [0, 0.05) is 12.4 Å². The molecule has 0 unspecified atom stereocenters. The first-order chi connectivity index (χ1) is 11.8. The standard InChI is InChI=1S/C16H10ClF4N3O/c1-9-3-2-4-13(25-15-12(18)5-11(17)7-22-15)14(9)24-8-10(6-23-24)16(19,20)21/h2-8H,1H3. The molecule has 130 valence electrons. The summed E-state index contributed by atoms with van der Waals surface area (Å²) in [5.74, 6) is -1.04. The van der Waals surface area contributed by atoms with E-state index in [1.807, 2.05) is 0 Å². The predicted molar refractivity (Wildman–Crippen MR) is 82.6 cm³/mol. The fraction of sp³-hybridized carbons (Fsp3) is 0.125. The molecule has 0 aliphatic rings. The molecule has 4 nitrogen and oxygen atoms in total. The van der Waals surface area contributed by atoms with Crippen molar-refractivity contribution in [2.75, 3.05) is 0 Å². The van der Waals surface area contributed by atoms with Gasteiger partial charge in [0.15, 0.2) is 11.6 Å². The molecule has 0 atom stereocenters. The van der Waals surface area contributed by atoms with Crippen molar-refractivity contribution in [3.8, 4) is 17.3 Å². The van der Waals surface area contributed by atoms with Crippen LogP contribution in [0, 0.1) is 12.7 Å². The lowest BCUT2D eigenvalue weighted by molar-refractivity contribution is -0.137. The van der Waals surface area contributed by atoms with E-state index in [0.717, 1.165) is 16.9 Å². The maximum absolute atomic E-state index is 13.9. The third-order valence-corrected chi connectivity index (χ3v) is 3.53. The molecule has 0 bridgehead atoms. The summed E-state index contributed by atoms with van der Waals surface area (Å²) in [7, 11) is 0. The zero-order valence-corrected chi connectivity index (χ0v) is 13.4. The molecular weight excluding hydrogens is 362 g/mol. The van der Waals surface area contributed by atoms with Gasteiger partial charge in [-0.3, -0.25) is 0 Å². The van der Waals surface area contributed by atoms with Gasteiger partial charge in [-0.1, -0.05) is 23.7 Å². The number of aryl methyl sites for hydroxylation is 1. The highest BCUT2D eigenvalue weighted by molar-refractivity contribution is 6.30. The fourth-order valence-electron chi connectivity index (χ4n) is 2.18. The minimum Gasteiger partial charge on any atom is -0.434 e. The second-order valence-corrected chi connectivity index (χ2v) is 5.57. The van der Waals surface area contributed by atoms with E-state index < -0.39 is 17.6 Å². The molecule has 0 aliphatic heterocycles. The number of halogens is 5. The zero-order chi connectivity index (χ0) is 18.2. The van der Waals surface area contributed by atoms with E-state index in [9.17, 15) is 17.6 Å². The number of hydrogen-bond acceptors (Lipinski definition) is 3. The van der Waals surface area contributed by atoms with Crippen molar-refractivity contribution in [1.29, 1.82) is 0 Å². The molecule has 0 radical (unpaired) electrons. The van der Waals surface area contributed by atoms with Gasteiger partial charge < -0.3 is 4.74 Å². The summed E-state index contributed by atoms with van der Waals surface area (Å²) >= 11 is 5.64. The van der Waals surface area contributed by atoms with Crippen molar-refractivity contribution in [3.05, 3.63) is 64.8 Å². The first-order valence-corrected chi connectivity index (χ1v) is 7.34. The van der Waals surface area contributed by atoms with E-state index in [2.05, 4.69) is 10.1 Å². The molecule has 2 aromatic heterocycles. The van der Waals surface area contributed by atoms with Gasteiger partial charge in [-0.15, -0.1) is 0 Å². The maximum atomic E-state index is 13.9. The highest BCUT2D eigenvalue weighted by Crippen LogP contribution is 2.34. The Kier molecular flexibility index (Phi) is 4.38. The van der Waals surface area contributed by atoms with E-state index in [0.29, 0.717) is 11.8 Å². The second kappa shape index (κ2) is 6.36. The average molecular weight is 372 g/mol. The Balaban J connectivity index is 2.04. The second-order valence-electron chi connectivity index (χ2n) is 5.14. The lowest BCUT2D eigenvalue weighted by atomic mass is 10.2. The lowest BCUT2D eigenvalue weighted by Gasteiger charge is -2.13. The Labute approximate surface area is 144 Å². The van der Waals surface area contributed by atoms with Gasteiger partial charge in [-0.25, -0.2) is 14.1 Å². The van der Waals surface area contributed by atoms with Crippen molar-refractivity contribution < 1.29 is 22.3 Å². The molecule has 0 fully saturated rings. The minimum atomic E-state index is -4.52. The number of pyridine rings is 1. The van der Waals surface area contributed by atoms with Crippen LogP contribution in [0.1, 0.15) is 11.1 Å². The highest BCUT2D eigenvalue weighted by atomic mass is 35.5. The summed E-state index contributed by atoms with van der Waals surface area (Å²) in [6.45, 7) is 1.67. The number of para-hydroxylation sites is 1. The molecule has 9 heteroatoms. The van der Waals surface area contributed by atoms with Crippen LogP contribution in [0.4, 0.5) is 17.6 Å². The van der Waals surface area contributed by atoms with Gasteiger partial charge in [-0.05, 0) is 24.6 Å². The van der Waals surface area contributed by atoms with Crippen molar-refractivity contribution in [1.82, 2.24) is 14.8 Å². The lowest BCUT2D eigenvalue weighted by Crippen LogP contribution is -2.04. The maximum Gasteiger partial charge on any atom is 0.419 e. The Morgan fingerprint density at radius 3 is 2.60 bits per heavy atom. The topological polar surface area (TPSA) is 39.9 Å². The number of aromatic nitrogens is 3. The molecule has 0 saturated carbocycles. The molecule has 0 amide bonds. The van der Waals surface area contributed by atoms with Gasteiger partial charge in [0.1, 0.15) is 5.69 Å². The van der Waals surface area contributed by atoms with Crippen LogP contribution in [0.15, 0.2) is 42.9 Å². The Bertz CT molecular complexity index is 924. The fourth-order valence-corrected chi connectivity index (χ4v) is 2.33. The van der Waals surface area contributed by atoms with Crippen LogP contribution in [-0.4, -0.2) is 14.8 Å². The van der Waals surface area contributed by atoms with Crippen LogP contribution in [0.3, 0.4) is 0 Å². The first kappa shape index (κ1) is 17.2. The van der Waals surface area contributed by atoms with Crippen LogP contribution in [0.5, 0.6) is 11.6 Å². The van der Waals surface area contributed by atoms with E-state index >= 15 is 0 Å².